The second-order valence-corrected chi connectivity index (χ2v) is 4.82. The van der Waals surface area contributed by atoms with Gasteiger partial charge < -0.3 is 10.6 Å². The van der Waals surface area contributed by atoms with Gasteiger partial charge in [0.15, 0.2) is 0 Å². The van der Waals surface area contributed by atoms with Crippen molar-refractivity contribution in [2.24, 2.45) is 10.1 Å². The van der Waals surface area contributed by atoms with E-state index >= 15 is 0 Å². The van der Waals surface area contributed by atoms with Gasteiger partial charge in [-0.1, -0.05) is 18.2 Å². The Hall–Kier alpha value is -2.37. The largest absolute Gasteiger partial charge is 0.350 e. The maximum absolute atomic E-state index is 11.9. The van der Waals surface area contributed by atoms with Crippen LogP contribution in [0.5, 0.6) is 0 Å². The number of carbonyl (C=O) groups is 1. The van der Waals surface area contributed by atoms with Gasteiger partial charge >= 0.3 is 0 Å². The van der Waals surface area contributed by atoms with Gasteiger partial charge in [0.2, 0.25) is 11.9 Å². The first-order valence-electron chi connectivity index (χ1n) is 6.56. The van der Waals surface area contributed by atoms with Crippen molar-refractivity contribution in [2.75, 3.05) is 11.9 Å². The molecule has 0 fully saturated rings. The minimum Gasteiger partial charge on any atom is -0.350 e. The van der Waals surface area contributed by atoms with Gasteiger partial charge in [-0.25, -0.2) is 10.4 Å². The smallest absolute Gasteiger partial charge is 0.226 e. The molecule has 1 heterocycles. The molecule has 6 nitrogen and oxygen atoms in total. The maximum atomic E-state index is 11.9. The second kappa shape index (κ2) is 6.70. The zero-order chi connectivity index (χ0) is 14.4. The lowest BCUT2D eigenvalue weighted by Gasteiger charge is -2.11. The monoisotopic (exact) mass is 273 g/mol. The third-order valence-electron chi connectivity index (χ3n) is 2.69. The molecule has 6 heteroatoms. The molecule has 3 N–H and O–H groups in total. The summed E-state index contributed by atoms with van der Waals surface area (Å²) >= 11 is 0. The minimum absolute atomic E-state index is 0.00794. The van der Waals surface area contributed by atoms with Crippen LogP contribution in [-0.4, -0.2) is 30.2 Å². The Morgan fingerprint density at radius 2 is 2.15 bits per heavy atom. The summed E-state index contributed by atoms with van der Waals surface area (Å²) in [6.45, 7) is 4.36. The van der Waals surface area contributed by atoms with Crippen LogP contribution in [0.4, 0.5) is 5.69 Å². The number of rotatable bonds is 4. The molecule has 1 aliphatic heterocycles. The molecular formula is C14H19N5O. The van der Waals surface area contributed by atoms with E-state index in [0.717, 1.165) is 11.4 Å². The Morgan fingerprint density at radius 1 is 1.40 bits per heavy atom. The summed E-state index contributed by atoms with van der Waals surface area (Å²) in [5.41, 5.74) is 4.55. The number of carbonyl (C=O) groups excluding carboxylic acids is 1. The third-order valence-corrected chi connectivity index (χ3v) is 2.69. The molecule has 0 aliphatic carbocycles. The fourth-order valence-corrected chi connectivity index (χ4v) is 1.79. The molecule has 0 saturated heterocycles. The fraction of sp³-hybridized carbons (Fsp3) is 0.357. The maximum Gasteiger partial charge on any atom is 0.226 e. The zero-order valence-electron chi connectivity index (χ0n) is 11.7. The Kier molecular flexibility index (Phi) is 4.70. The Morgan fingerprint density at radius 3 is 2.85 bits per heavy atom. The van der Waals surface area contributed by atoms with Crippen LogP contribution in [0.25, 0.3) is 0 Å². The van der Waals surface area contributed by atoms with Crippen LogP contribution in [0, 0.1) is 0 Å². The van der Waals surface area contributed by atoms with Crippen LogP contribution in [0.2, 0.25) is 0 Å². The first-order valence-corrected chi connectivity index (χ1v) is 6.56. The molecule has 1 aliphatic rings. The van der Waals surface area contributed by atoms with Crippen molar-refractivity contribution in [3.05, 3.63) is 30.3 Å². The molecule has 1 amide bonds. The summed E-state index contributed by atoms with van der Waals surface area (Å²) in [5, 5.41) is 10.1. The second-order valence-electron chi connectivity index (χ2n) is 4.82. The highest BCUT2D eigenvalue weighted by Crippen LogP contribution is 2.07. The zero-order valence-corrected chi connectivity index (χ0v) is 11.7. The molecular weight excluding hydrogens is 254 g/mol. The molecule has 0 radical (unpaired) electrons. The van der Waals surface area contributed by atoms with Gasteiger partial charge in [-0.3, -0.25) is 4.79 Å². The average Bonchev–Trinajstić information content (AvgIpc) is 2.85. The van der Waals surface area contributed by atoms with E-state index in [1.807, 2.05) is 44.2 Å². The van der Waals surface area contributed by atoms with Crippen molar-refractivity contribution in [3.63, 3.8) is 0 Å². The summed E-state index contributed by atoms with van der Waals surface area (Å²) in [6, 6.07) is 9.42. The normalized spacial score (nSPS) is 16.9. The van der Waals surface area contributed by atoms with Crippen molar-refractivity contribution in [1.29, 1.82) is 0 Å². The lowest BCUT2D eigenvalue weighted by atomic mass is 10.2. The highest BCUT2D eigenvalue weighted by molar-refractivity contribution is 5.92. The van der Waals surface area contributed by atoms with Crippen LogP contribution in [0.1, 0.15) is 20.3 Å². The molecule has 0 saturated carbocycles. The summed E-state index contributed by atoms with van der Waals surface area (Å²) in [6.07, 6.45) is 0.373. The van der Waals surface area contributed by atoms with Crippen LogP contribution < -0.4 is 16.1 Å². The van der Waals surface area contributed by atoms with Gasteiger partial charge in [0.1, 0.15) is 0 Å². The highest BCUT2D eigenvalue weighted by atomic mass is 16.1. The number of hydrazone groups is 1. The van der Waals surface area contributed by atoms with Gasteiger partial charge in [0.05, 0.1) is 12.6 Å². The van der Waals surface area contributed by atoms with E-state index in [4.69, 9.17) is 0 Å². The van der Waals surface area contributed by atoms with E-state index in [1.165, 1.54) is 0 Å². The number of guanidine groups is 1. The molecule has 2 rings (SSSR count). The molecule has 0 bridgehead atoms. The van der Waals surface area contributed by atoms with Gasteiger partial charge in [-0.15, -0.1) is 0 Å². The Labute approximate surface area is 118 Å². The van der Waals surface area contributed by atoms with Crippen LogP contribution >= 0.6 is 0 Å². The number of amides is 1. The van der Waals surface area contributed by atoms with E-state index in [9.17, 15) is 4.79 Å². The lowest BCUT2D eigenvalue weighted by molar-refractivity contribution is -0.116. The predicted molar refractivity (Wildman–Crippen MR) is 80.8 cm³/mol. The summed E-state index contributed by atoms with van der Waals surface area (Å²) in [4.78, 5) is 16.1. The van der Waals surface area contributed by atoms with Crippen LogP contribution in [0.3, 0.4) is 0 Å². The summed E-state index contributed by atoms with van der Waals surface area (Å²) < 4.78 is 0. The minimum atomic E-state index is -0.0275. The van der Waals surface area contributed by atoms with E-state index in [1.54, 1.807) is 0 Å². The Balaban J connectivity index is 1.76. The van der Waals surface area contributed by atoms with Crippen LogP contribution in [-0.2, 0) is 4.79 Å². The highest BCUT2D eigenvalue weighted by Gasteiger charge is 2.20. The average molecular weight is 273 g/mol. The number of para-hydroxylation sites is 1. The summed E-state index contributed by atoms with van der Waals surface area (Å²) in [7, 11) is 0. The van der Waals surface area contributed by atoms with Crippen molar-refractivity contribution < 1.29 is 4.79 Å². The van der Waals surface area contributed by atoms with Gasteiger partial charge in [-0.2, -0.15) is 5.10 Å². The number of hydrogen-bond acceptors (Lipinski definition) is 5. The number of nitrogens with zero attached hydrogens (tertiary/aromatic N) is 2. The molecule has 0 aromatic heterocycles. The molecule has 1 aromatic rings. The fourth-order valence-electron chi connectivity index (χ4n) is 1.79. The topological polar surface area (TPSA) is 77.9 Å². The number of benzene rings is 1. The van der Waals surface area contributed by atoms with Gasteiger partial charge in [0.25, 0.3) is 0 Å². The number of anilines is 1. The van der Waals surface area contributed by atoms with E-state index in [0.29, 0.717) is 18.9 Å². The summed E-state index contributed by atoms with van der Waals surface area (Å²) in [5.74, 6) is 0.587. The lowest BCUT2D eigenvalue weighted by Crippen LogP contribution is -2.38. The predicted octanol–water partition coefficient (Wildman–Crippen LogP) is 1.33. The third kappa shape index (κ3) is 4.38. The van der Waals surface area contributed by atoms with E-state index < -0.39 is 0 Å². The van der Waals surface area contributed by atoms with Crippen molar-refractivity contribution >= 4 is 23.3 Å². The quantitative estimate of drug-likeness (QED) is 0.572. The molecule has 20 heavy (non-hydrogen) atoms. The van der Waals surface area contributed by atoms with E-state index in [2.05, 4.69) is 26.2 Å². The van der Waals surface area contributed by atoms with Crippen molar-refractivity contribution in [1.82, 2.24) is 10.7 Å². The standard InChI is InChI=1S/C14H19N5O/c1-10(2)18-19-14-15-9-12(17-14)8-13(20)16-11-6-4-3-5-7-11/h3-7,12H,8-9H2,1-2H3,(H,16,20)(H2,15,17,19). The van der Waals surface area contributed by atoms with Crippen LogP contribution in [0.15, 0.2) is 40.4 Å². The number of hydrogen-bond donors (Lipinski definition) is 3. The first kappa shape index (κ1) is 14.0. The van der Waals surface area contributed by atoms with Crippen molar-refractivity contribution in [2.45, 2.75) is 26.3 Å². The van der Waals surface area contributed by atoms with Crippen molar-refractivity contribution in [3.8, 4) is 0 Å². The first-order chi connectivity index (χ1) is 9.63. The number of nitrogens with one attached hydrogen (secondary N) is 3. The molecule has 1 aromatic carbocycles. The molecule has 1 unspecified atom stereocenters. The molecule has 0 spiro atoms. The Bertz CT molecular complexity index is 520. The van der Waals surface area contributed by atoms with Gasteiger partial charge in [0, 0.05) is 17.8 Å². The van der Waals surface area contributed by atoms with Gasteiger partial charge in [-0.05, 0) is 26.0 Å². The molecule has 106 valence electrons. The number of aliphatic imine (C=N–C) groups is 1. The van der Waals surface area contributed by atoms with E-state index in [-0.39, 0.29) is 11.9 Å². The SMILES string of the molecule is CC(C)=NNC1=NCC(CC(=O)Nc2ccccc2)N1. The molecule has 1 atom stereocenters.